The minimum atomic E-state index is 0.338. The van der Waals surface area contributed by atoms with Gasteiger partial charge in [-0.05, 0) is 28.8 Å². The van der Waals surface area contributed by atoms with Crippen LogP contribution in [0.2, 0.25) is 0 Å². The molecule has 22 heavy (non-hydrogen) atoms. The molecular weight excluding hydrogens is 272 g/mol. The quantitative estimate of drug-likeness (QED) is 0.637. The molecule has 1 atom stereocenters. The summed E-state index contributed by atoms with van der Waals surface area (Å²) in [6.07, 6.45) is 8.32. The number of aromatic nitrogens is 2. The van der Waals surface area contributed by atoms with E-state index in [1.807, 2.05) is 36.0 Å². The van der Waals surface area contributed by atoms with E-state index in [2.05, 4.69) is 48.3 Å². The number of hydrogen-bond donors (Lipinski definition) is 0. The number of fused-ring (bicyclic) bond motifs is 2. The first-order chi connectivity index (χ1) is 10.7. The number of aryl methyl sites for hydroxylation is 1. The number of oxazole rings is 1. The lowest BCUT2D eigenvalue weighted by Crippen LogP contribution is -2.28. The maximum absolute atomic E-state index is 5.85. The van der Waals surface area contributed by atoms with Gasteiger partial charge in [0.1, 0.15) is 0 Å². The van der Waals surface area contributed by atoms with Crippen LogP contribution in [0.3, 0.4) is 0 Å². The molecule has 0 radical (unpaired) electrons. The van der Waals surface area contributed by atoms with E-state index in [0.29, 0.717) is 11.8 Å². The molecule has 1 aromatic carbocycles. The number of rotatable bonds is 1. The van der Waals surface area contributed by atoms with Crippen molar-refractivity contribution in [3.8, 4) is 0 Å². The highest BCUT2D eigenvalue weighted by atomic mass is 16.3. The Labute approximate surface area is 129 Å². The van der Waals surface area contributed by atoms with Crippen molar-refractivity contribution in [2.75, 3.05) is 0 Å². The first-order valence-corrected chi connectivity index (χ1v) is 7.46. The molecular formula is C19H17N2O+. The molecule has 4 rings (SSSR count). The Bertz CT molecular complexity index is 918. The molecule has 0 aliphatic heterocycles. The van der Waals surface area contributed by atoms with Crippen LogP contribution in [-0.4, -0.2) is 4.98 Å². The van der Waals surface area contributed by atoms with Gasteiger partial charge in [-0.15, -0.1) is 0 Å². The average molecular weight is 289 g/mol. The molecule has 0 fully saturated rings. The molecule has 2 aromatic heterocycles. The maximum Gasteiger partial charge on any atom is 0.370 e. The molecule has 0 spiro atoms. The van der Waals surface area contributed by atoms with Crippen LogP contribution in [0.25, 0.3) is 23.4 Å². The summed E-state index contributed by atoms with van der Waals surface area (Å²) in [4.78, 5) is 4.58. The van der Waals surface area contributed by atoms with E-state index in [0.717, 1.165) is 11.2 Å². The lowest BCUT2D eigenvalue weighted by molar-refractivity contribution is -0.646. The van der Waals surface area contributed by atoms with Gasteiger partial charge in [0.15, 0.2) is 0 Å². The van der Waals surface area contributed by atoms with Crippen molar-refractivity contribution in [1.82, 2.24) is 4.98 Å². The third-order valence-corrected chi connectivity index (χ3v) is 4.25. The van der Waals surface area contributed by atoms with Crippen molar-refractivity contribution in [1.29, 1.82) is 0 Å². The molecule has 0 amide bonds. The third kappa shape index (κ3) is 2.06. The lowest BCUT2D eigenvalue weighted by atomic mass is 9.84. The predicted octanol–water partition coefficient (Wildman–Crippen LogP) is 3.87. The van der Waals surface area contributed by atoms with Crippen LogP contribution in [0.4, 0.5) is 0 Å². The van der Waals surface area contributed by atoms with Crippen molar-refractivity contribution in [2.24, 2.45) is 7.05 Å². The first kappa shape index (κ1) is 13.0. The van der Waals surface area contributed by atoms with E-state index < -0.39 is 0 Å². The Hall–Kier alpha value is -2.68. The first-order valence-electron chi connectivity index (χ1n) is 7.46. The average Bonchev–Trinajstić information content (AvgIpc) is 2.95. The van der Waals surface area contributed by atoms with E-state index in [1.165, 1.54) is 16.7 Å². The largest absolute Gasteiger partial charge is 0.411 e. The molecule has 2 heterocycles. The number of pyridine rings is 1. The van der Waals surface area contributed by atoms with Gasteiger partial charge in [-0.3, -0.25) is 0 Å². The molecule has 0 saturated heterocycles. The van der Waals surface area contributed by atoms with Gasteiger partial charge in [0.25, 0.3) is 0 Å². The van der Waals surface area contributed by atoms with Gasteiger partial charge >= 0.3 is 11.5 Å². The van der Waals surface area contributed by atoms with Crippen LogP contribution >= 0.6 is 0 Å². The summed E-state index contributed by atoms with van der Waals surface area (Å²) in [5.74, 6) is 0.993. The lowest BCUT2D eigenvalue weighted by Gasteiger charge is -2.20. The number of allylic oxidation sites excluding steroid dienone is 2. The van der Waals surface area contributed by atoms with Crippen LogP contribution in [-0.2, 0) is 7.05 Å². The smallest absolute Gasteiger partial charge is 0.370 e. The molecule has 1 aliphatic rings. The fraction of sp³-hybridized carbons (Fsp3) is 0.158. The zero-order valence-electron chi connectivity index (χ0n) is 12.7. The highest BCUT2D eigenvalue weighted by molar-refractivity contribution is 5.71. The van der Waals surface area contributed by atoms with Gasteiger partial charge in [0, 0.05) is 17.0 Å². The van der Waals surface area contributed by atoms with Gasteiger partial charge < -0.3 is 4.42 Å². The van der Waals surface area contributed by atoms with Crippen LogP contribution < -0.4 is 4.57 Å². The number of nitrogens with zero attached hydrogens (tertiary/aromatic N) is 2. The van der Waals surface area contributed by atoms with Crippen molar-refractivity contribution < 1.29 is 8.98 Å². The summed E-state index contributed by atoms with van der Waals surface area (Å²) in [6, 6.07) is 12.4. The van der Waals surface area contributed by atoms with E-state index >= 15 is 0 Å². The van der Waals surface area contributed by atoms with Crippen LogP contribution in [0.15, 0.2) is 58.7 Å². The second kappa shape index (κ2) is 4.95. The van der Waals surface area contributed by atoms with Crippen LogP contribution in [0, 0.1) is 0 Å². The molecule has 1 unspecified atom stereocenters. The highest BCUT2D eigenvalue weighted by Crippen LogP contribution is 2.34. The topological polar surface area (TPSA) is 29.9 Å². The van der Waals surface area contributed by atoms with Crippen molar-refractivity contribution in [3.05, 3.63) is 71.3 Å². The van der Waals surface area contributed by atoms with Gasteiger partial charge in [0.05, 0.1) is 13.2 Å². The molecule has 0 saturated carbocycles. The Balaban J connectivity index is 1.78. The van der Waals surface area contributed by atoms with E-state index in [-0.39, 0.29) is 0 Å². The molecule has 0 N–H and O–H groups in total. The van der Waals surface area contributed by atoms with Crippen molar-refractivity contribution in [2.45, 2.75) is 12.8 Å². The fourth-order valence-electron chi connectivity index (χ4n) is 2.98. The summed E-state index contributed by atoms with van der Waals surface area (Å²) in [6.45, 7) is 2.22. The molecule has 108 valence electrons. The molecule has 3 nitrogen and oxygen atoms in total. The summed E-state index contributed by atoms with van der Waals surface area (Å²) in [5.41, 5.74) is 5.52. The predicted molar refractivity (Wildman–Crippen MR) is 87.1 cm³/mol. The zero-order valence-corrected chi connectivity index (χ0v) is 12.7. The Kier molecular flexibility index (Phi) is 2.93. The van der Waals surface area contributed by atoms with E-state index in [9.17, 15) is 0 Å². The normalized spacial score (nSPS) is 18.8. The van der Waals surface area contributed by atoms with E-state index in [4.69, 9.17) is 4.42 Å². The summed E-state index contributed by atoms with van der Waals surface area (Å²) >= 11 is 0. The van der Waals surface area contributed by atoms with Crippen molar-refractivity contribution in [3.63, 3.8) is 0 Å². The van der Waals surface area contributed by atoms with Crippen molar-refractivity contribution >= 4 is 23.4 Å². The third-order valence-electron chi connectivity index (χ3n) is 4.25. The van der Waals surface area contributed by atoms with Gasteiger partial charge in [-0.1, -0.05) is 43.3 Å². The summed E-state index contributed by atoms with van der Waals surface area (Å²) < 4.78 is 7.81. The minimum absolute atomic E-state index is 0.338. The maximum atomic E-state index is 5.85. The zero-order chi connectivity index (χ0) is 15.1. The summed E-state index contributed by atoms with van der Waals surface area (Å²) in [7, 11) is 1.97. The highest BCUT2D eigenvalue weighted by Gasteiger charge is 2.20. The Morgan fingerprint density at radius 3 is 2.86 bits per heavy atom. The number of hydrogen-bond acceptors (Lipinski definition) is 2. The molecule has 3 aromatic rings. The van der Waals surface area contributed by atoms with E-state index in [1.54, 1.807) is 0 Å². The standard InChI is InChI=1S/C19H17N2O/c1-13-15(10-9-14-6-3-4-7-16(13)14)12-18-20-19-17(22-18)8-5-11-21(19)2/h3-13H,1-2H3/q+1/b15-12+. The minimum Gasteiger partial charge on any atom is -0.411 e. The van der Waals surface area contributed by atoms with Crippen LogP contribution in [0.1, 0.15) is 29.9 Å². The second-order valence-electron chi connectivity index (χ2n) is 5.69. The second-order valence-corrected chi connectivity index (χ2v) is 5.69. The van der Waals surface area contributed by atoms with Gasteiger partial charge in [0.2, 0.25) is 5.58 Å². The Morgan fingerprint density at radius 2 is 2.00 bits per heavy atom. The number of benzene rings is 1. The van der Waals surface area contributed by atoms with Gasteiger partial charge in [-0.2, -0.15) is 0 Å². The molecule has 3 heteroatoms. The molecule has 1 aliphatic carbocycles. The SMILES string of the molecule is CC1/C(=C/c2nc3c(ccc[n+]3C)o2)C=Cc2ccccc21. The Morgan fingerprint density at radius 1 is 1.14 bits per heavy atom. The summed E-state index contributed by atoms with van der Waals surface area (Å²) in [5, 5.41) is 0. The van der Waals surface area contributed by atoms with Gasteiger partial charge in [-0.25, -0.2) is 4.57 Å². The fourth-order valence-corrected chi connectivity index (χ4v) is 2.98. The van der Waals surface area contributed by atoms with Crippen LogP contribution in [0.5, 0.6) is 0 Å². The molecule has 0 bridgehead atoms. The monoisotopic (exact) mass is 289 g/mol.